The van der Waals surface area contributed by atoms with E-state index >= 15 is 0 Å². The Balaban J connectivity index is 2.13. The number of hydrogen-bond donors (Lipinski definition) is 2. The normalized spacial score (nSPS) is 21.6. The van der Waals surface area contributed by atoms with Crippen molar-refractivity contribution >= 4 is 29.0 Å². The van der Waals surface area contributed by atoms with Crippen molar-refractivity contribution in [2.45, 2.75) is 30.6 Å². The van der Waals surface area contributed by atoms with Crippen LogP contribution in [0.1, 0.15) is 29.6 Å². The second kappa shape index (κ2) is 6.13. The van der Waals surface area contributed by atoms with E-state index in [4.69, 9.17) is 5.73 Å². The number of hydrogen-bond acceptors (Lipinski definition) is 5. The second-order valence-electron chi connectivity index (χ2n) is 4.87. The number of carbonyl (C=O) groups excluding carboxylic acids is 1. The molecule has 108 valence electrons. The monoisotopic (exact) mass is 295 g/mol. The van der Waals surface area contributed by atoms with Crippen molar-refractivity contribution in [3.05, 3.63) is 33.9 Å². The number of rotatable bonds is 4. The lowest BCUT2D eigenvalue weighted by molar-refractivity contribution is -0.385. The van der Waals surface area contributed by atoms with Crippen molar-refractivity contribution in [2.24, 2.45) is 0 Å². The number of anilines is 1. The van der Waals surface area contributed by atoms with E-state index < -0.39 is 10.8 Å². The summed E-state index contributed by atoms with van der Waals surface area (Å²) in [5.74, 6) is -0.421. The summed E-state index contributed by atoms with van der Waals surface area (Å²) in [6.45, 7) is 0. The Bertz CT molecular complexity index is 536. The molecule has 1 amide bonds. The summed E-state index contributed by atoms with van der Waals surface area (Å²) in [5, 5.41) is 14.4. The van der Waals surface area contributed by atoms with Crippen molar-refractivity contribution in [2.75, 3.05) is 12.0 Å². The molecular formula is C13H17N3O3S. The quantitative estimate of drug-likeness (QED) is 0.504. The SMILES string of the molecule is CSC1CCC(NC(=O)c2cc(N)ccc2[N+](=O)[O-])C1. The van der Waals surface area contributed by atoms with Gasteiger partial charge < -0.3 is 11.1 Å². The van der Waals surface area contributed by atoms with Crippen molar-refractivity contribution in [3.63, 3.8) is 0 Å². The standard InChI is InChI=1S/C13H17N3O3S/c1-20-10-4-3-9(7-10)15-13(17)11-6-8(14)2-5-12(11)16(18)19/h2,5-6,9-10H,3-4,7,14H2,1H3,(H,15,17). The molecule has 1 fully saturated rings. The van der Waals surface area contributed by atoms with Crippen LogP contribution in [0, 0.1) is 10.1 Å². The first-order valence-electron chi connectivity index (χ1n) is 6.39. The Morgan fingerprint density at radius 1 is 1.50 bits per heavy atom. The lowest BCUT2D eigenvalue weighted by Gasteiger charge is -2.13. The highest BCUT2D eigenvalue weighted by Gasteiger charge is 2.27. The van der Waals surface area contributed by atoms with Crippen LogP contribution in [0.2, 0.25) is 0 Å². The van der Waals surface area contributed by atoms with Crippen LogP contribution in [0.5, 0.6) is 0 Å². The number of carbonyl (C=O) groups is 1. The zero-order valence-electron chi connectivity index (χ0n) is 11.2. The fourth-order valence-corrected chi connectivity index (χ4v) is 3.24. The van der Waals surface area contributed by atoms with E-state index in [1.54, 1.807) is 11.8 Å². The first kappa shape index (κ1) is 14.6. The largest absolute Gasteiger partial charge is 0.399 e. The molecule has 0 spiro atoms. The Morgan fingerprint density at radius 3 is 2.85 bits per heavy atom. The zero-order chi connectivity index (χ0) is 14.7. The maximum Gasteiger partial charge on any atom is 0.282 e. The molecule has 0 radical (unpaired) electrons. The van der Waals surface area contributed by atoms with E-state index in [1.807, 2.05) is 0 Å². The van der Waals surface area contributed by atoms with Gasteiger partial charge in [0.2, 0.25) is 0 Å². The summed E-state index contributed by atoms with van der Waals surface area (Å²) in [7, 11) is 0. The number of benzene rings is 1. The first-order valence-corrected chi connectivity index (χ1v) is 7.67. The van der Waals surface area contributed by atoms with Gasteiger partial charge in [0.15, 0.2) is 0 Å². The fraction of sp³-hybridized carbons (Fsp3) is 0.462. The number of nitrogens with zero attached hydrogens (tertiary/aromatic N) is 1. The summed E-state index contributed by atoms with van der Waals surface area (Å²) >= 11 is 1.79. The van der Waals surface area contributed by atoms with Crippen LogP contribution in [-0.4, -0.2) is 28.4 Å². The summed E-state index contributed by atoms with van der Waals surface area (Å²) in [4.78, 5) is 22.6. The minimum absolute atomic E-state index is 0.0302. The Kier molecular flexibility index (Phi) is 4.49. The molecule has 0 saturated heterocycles. The average Bonchev–Trinajstić information content (AvgIpc) is 2.85. The van der Waals surface area contributed by atoms with Crippen LogP contribution in [-0.2, 0) is 0 Å². The van der Waals surface area contributed by atoms with Crippen LogP contribution in [0.4, 0.5) is 11.4 Å². The van der Waals surface area contributed by atoms with Gasteiger partial charge in [0.25, 0.3) is 11.6 Å². The maximum atomic E-state index is 12.2. The van der Waals surface area contributed by atoms with Gasteiger partial charge in [-0.05, 0) is 37.7 Å². The topological polar surface area (TPSA) is 98.3 Å². The molecule has 0 bridgehead atoms. The fourth-order valence-electron chi connectivity index (χ4n) is 2.44. The number of nitro groups is 1. The van der Waals surface area contributed by atoms with Crippen molar-refractivity contribution in [1.29, 1.82) is 0 Å². The van der Waals surface area contributed by atoms with Gasteiger partial charge in [0, 0.05) is 23.0 Å². The zero-order valence-corrected chi connectivity index (χ0v) is 12.0. The highest BCUT2D eigenvalue weighted by molar-refractivity contribution is 7.99. The molecule has 3 N–H and O–H groups in total. The van der Waals surface area contributed by atoms with E-state index in [2.05, 4.69) is 11.6 Å². The van der Waals surface area contributed by atoms with Gasteiger partial charge in [-0.1, -0.05) is 0 Å². The molecule has 2 atom stereocenters. The number of nitrogen functional groups attached to an aromatic ring is 1. The molecule has 20 heavy (non-hydrogen) atoms. The molecule has 1 aromatic carbocycles. The molecule has 0 aliphatic heterocycles. The van der Waals surface area contributed by atoms with Crippen LogP contribution < -0.4 is 11.1 Å². The molecule has 1 aliphatic rings. The molecule has 0 aromatic heterocycles. The third-order valence-corrected chi connectivity index (χ3v) is 4.61. The van der Waals surface area contributed by atoms with Gasteiger partial charge in [0.05, 0.1) is 4.92 Å². The van der Waals surface area contributed by atoms with Crippen LogP contribution in [0.25, 0.3) is 0 Å². The molecule has 6 nitrogen and oxygen atoms in total. The summed E-state index contributed by atoms with van der Waals surface area (Å²) in [5.41, 5.74) is 5.77. The third kappa shape index (κ3) is 3.22. The van der Waals surface area contributed by atoms with E-state index in [0.717, 1.165) is 19.3 Å². The number of amides is 1. The van der Waals surface area contributed by atoms with Gasteiger partial charge >= 0.3 is 0 Å². The van der Waals surface area contributed by atoms with E-state index in [1.165, 1.54) is 18.2 Å². The third-order valence-electron chi connectivity index (χ3n) is 3.51. The number of thioether (sulfide) groups is 1. The summed E-state index contributed by atoms with van der Waals surface area (Å²) in [6.07, 6.45) is 4.93. The molecule has 1 aliphatic carbocycles. The lowest BCUT2D eigenvalue weighted by atomic mass is 10.1. The molecule has 1 saturated carbocycles. The van der Waals surface area contributed by atoms with Gasteiger partial charge in [-0.3, -0.25) is 14.9 Å². The van der Waals surface area contributed by atoms with Gasteiger partial charge in [-0.2, -0.15) is 11.8 Å². The molecular weight excluding hydrogens is 278 g/mol. The van der Waals surface area contributed by atoms with Crippen molar-refractivity contribution in [1.82, 2.24) is 5.32 Å². The van der Waals surface area contributed by atoms with Crippen LogP contribution in [0.3, 0.4) is 0 Å². The molecule has 7 heteroatoms. The highest BCUT2D eigenvalue weighted by Crippen LogP contribution is 2.29. The molecule has 2 rings (SSSR count). The predicted molar refractivity (Wildman–Crippen MR) is 79.9 cm³/mol. The van der Waals surface area contributed by atoms with Gasteiger partial charge in [0.1, 0.15) is 5.56 Å². The Morgan fingerprint density at radius 2 is 2.25 bits per heavy atom. The van der Waals surface area contributed by atoms with Crippen molar-refractivity contribution in [3.8, 4) is 0 Å². The van der Waals surface area contributed by atoms with Gasteiger partial charge in [-0.15, -0.1) is 0 Å². The second-order valence-corrected chi connectivity index (χ2v) is 6.01. The number of nitrogens with two attached hydrogens (primary N) is 1. The predicted octanol–water partition coefficient (Wildman–Crippen LogP) is 2.19. The van der Waals surface area contributed by atoms with Crippen molar-refractivity contribution < 1.29 is 9.72 Å². The maximum absolute atomic E-state index is 12.2. The molecule has 2 unspecified atom stereocenters. The minimum Gasteiger partial charge on any atom is -0.399 e. The number of nitrogens with one attached hydrogen (secondary N) is 1. The lowest BCUT2D eigenvalue weighted by Crippen LogP contribution is -2.33. The van der Waals surface area contributed by atoms with Crippen LogP contribution >= 0.6 is 11.8 Å². The Hall–Kier alpha value is -1.76. The summed E-state index contributed by atoms with van der Waals surface area (Å²) < 4.78 is 0. The average molecular weight is 295 g/mol. The Labute approximate surface area is 121 Å². The number of nitro benzene ring substituents is 1. The van der Waals surface area contributed by atoms with Crippen LogP contribution in [0.15, 0.2) is 18.2 Å². The smallest absolute Gasteiger partial charge is 0.282 e. The van der Waals surface area contributed by atoms with E-state index in [0.29, 0.717) is 10.9 Å². The first-order chi connectivity index (χ1) is 9.51. The van der Waals surface area contributed by atoms with Gasteiger partial charge in [-0.25, -0.2) is 0 Å². The highest BCUT2D eigenvalue weighted by atomic mass is 32.2. The van der Waals surface area contributed by atoms with E-state index in [9.17, 15) is 14.9 Å². The van der Waals surface area contributed by atoms with E-state index in [-0.39, 0.29) is 17.3 Å². The summed E-state index contributed by atoms with van der Waals surface area (Å²) in [6, 6.07) is 4.13. The minimum atomic E-state index is -0.562. The molecule has 0 heterocycles. The molecule has 1 aromatic rings.